The van der Waals surface area contributed by atoms with Gasteiger partial charge in [0.25, 0.3) is 0 Å². The normalized spacial score (nSPS) is 10.4. The highest BCUT2D eigenvalue weighted by atomic mass is 32.2. The molecule has 11 heavy (non-hydrogen) atoms. The van der Waals surface area contributed by atoms with E-state index in [9.17, 15) is 0 Å². The van der Waals surface area contributed by atoms with Gasteiger partial charge < -0.3 is 8.37 Å². The first-order valence-corrected chi connectivity index (χ1v) is 5.72. The molecule has 0 aromatic rings. The van der Waals surface area contributed by atoms with Gasteiger partial charge in [0, 0.05) is 11.5 Å². The van der Waals surface area contributed by atoms with E-state index in [0.717, 1.165) is 31.1 Å². The summed E-state index contributed by atoms with van der Waals surface area (Å²) in [6.45, 7) is 5.74. The van der Waals surface area contributed by atoms with Crippen molar-refractivity contribution in [2.75, 3.05) is 24.7 Å². The van der Waals surface area contributed by atoms with Crippen LogP contribution in [-0.2, 0) is 8.37 Å². The van der Waals surface area contributed by atoms with E-state index in [1.807, 2.05) is 0 Å². The average molecular weight is 196 g/mol. The lowest BCUT2D eigenvalue weighted by Crippen LogP contribution is -1.93. The van der Waals surface area contributed by atoms with E-state index >= 15 is 0 Å². The van der Waals surface area contributed by atoms with Crippen LogP contribution in [0.1, 0.15) is 20.3 Å². The third-order valence-electron chi connectivity index (χ3n) is 0.858. The van der Waals surface area contributed by atoms with Crippen molar-refractivity contribution in [3.05, 3.63) is 0 Å². The van der Waals surface area contributed by atoms with Crippen LogP contribution in [0.15, 0.2) is 0 Å². The maximum atomic E-state index is 5.19. The van der Waals surface area contributed by atoms with Crippen molar-refractivity contribution >= 4 is 24.1 Å². The molecule has 0 heterocycles. The summed E-state index contributed by atoms with van der Waals surface area (Å²) in [4.78, 5) is 0. The van der Waals surface area contributed by atoms with Crippen molar-refractivity contribution in [1.29, 1.82) is 0 Å². The molecule has 4 heteroatoms. The van der Waals surface area contributed by atoms with Crippen molar-refractivity contribution < 1.29 is 8.37 Å². The van der Waals surface area contributed by atoms with Crippen LogP contribution in [-0.4, -0.2) is 24.7 Å². The molecule has 0 aliphatic heterocycles. The molecule has 0 radical (unpaired) electrons. The molecule has 0 unspecified atom stereocenters. The monoisotopic (exact) mass is 196 g/mol. The molecule has 0 atom stereocenters. The summed E-state index contributed by atoms with van der Waals surface area (Å²) in [5.74, 6) is 2.04. The first kappa shape index (κ1) is 11.6. The highest BCUT2D eigenvalue weighted by Crippen LogP contribution is 2.04. The maximum absolute atomic E-state index is 5.19. The zero-order chi connectivity index (χ0) is 8.36. The van der Waals surface area contributed by atoms with Gasteiger partial charge in [-0.05, 0) is 30.5 Å². The van der Waals surface area contributed by atoms with Crippen LogP contribution >= 0.6 is 24.1 Å². The number of rotatable bonds is 8. The zero-order valence-electron chi connectivity index (χ0n) is 7.17. The molecule has 0 aliphatic rings. The molecule has 0 bridgehead atoms. The highest BCUT2D eigenvalue weighted by molar-refractivity contribution is 7.94. The van der Waals surface area contributed by atoms with Crippen molar-refractivity contribution in [2.24, 2.45) is 0 Å². The standard InChI is InChI=1S/C7H16O2S2/c1-3-10-8-6-5-7-9-11-4-2/h3-7H2,1-2H3. The largest absolute Gasteiger partial charge is 0.315 e. The van der Waals surface area contributed by atoms with Gasteiger partial charge in [0.15, 0.2) is 0 Å². The van der Waals surface area contributed by atoms with Gasteiger partial charge in [0.2, 0.25) is 0 Å². The molecule has 0 aromatic carbocycles. The number of hydrogen-bond acceptors (Lipinski definition) is 4. The molecule has 0 spiro atoms. The minimum Gasteiger partial charge on any atom is -0.315 e. The highest BCUT2D eigenvalue weighted by Gasteiger charge is 1.89. The van der Waals surface area contributed by atoms with Gasteiger partial charge in [-0.2, -0.15) is 0 Å². The fourth-order valence-corrected chi connectivity index (χ4v) is 1.27. The molecule has 0 N–H and O–H groups in total. The minimum atomic E-state index is 0.794. The molecule has 0 saturated carbocycles. The van der Waals surface area contributed by atoms with Crippen LogP contribution in [0, 0.1) is 0 Å². The molecule has 0 aromatic heterocycles. The summed E-state index contributed by atoms with van der Waals surface area (Å²) in [6, 6.07) is 0. The van der Waals surface area contributed by atoms with Gasteiger partial charge in [-0.1, -0.05) is 13.8 Å². The third kappa shape index (κ3) is 10.6. The Labute approximate surface area is 77.8 Å². The Morgan fingerprint density at radius 2 is 1.36 bits per heavy atom. The van der Waals surface area contributed by atoms with Crippen LogP contribution in [0.25, 0.3) is 0 Å². The predicted octanol–water partition coefficient (Wildman–Crippen LogP) is 2.75. The summed E-state index contributed by atoms with van der Waals surface area (Å²) in [7, 11) is 0. The van der Waals surface area contributed by atoms with Crippen LogP contribution in [0.4, 0.5) is 0 Å². The Bertz CT molecular complexity index is 63.5. The summed E-state index contributed by atoms with van der Waals surface area (Å²) in [5, 5.41) is 0. The van der Waals surface area contributed by atoms with Crippen molar-refractivity contribution in [1.82, 2.24) is 0 Å². The average Bonchev–Trinajstić information content (AvgIpc) is 2.03. The van der Waals surface area contributed by atoms with Crippen LogP contribution in [0.3, 0.4) is 0 Å². The van der Waals surface area contributed by atoms with E-state index in [4.69, 9.17) is 8.37 Å². The molecular weight excluding hydrogens is 180 g/mol. The molecular formula is C7H16O2S2. The molecule has 68 valence electrons. The molecule has 0 rings (SSSR count). The summed E-state index contributed by atoms with van der Waals surface area (Å²) < 4.78 is 10.4. The fourth-order valence-electron chi connectivity index (χ4n) is 0.461. The SMILES string of the molecule is CCSOCCCOSCC. The van der Waals surface area contributed by atoms with E-state index in [1.54, 1.807) is 0 Å². The topological polar surface area (TPSA) is 18.5 Å². The van der Waals surface area contributed by atoms with E-state index in [2.05, 4.69) is 13.8 Å². The van der Waals surface area contributed by atoms with Crippen molar-refractivity contribution in [2.45, 2.75) is 20.3 Å². The maximum Gasteiger partial charge on any atom is 0.0636 e. The first-order valence-electron chi connectivity index (χ1n) is 3.90. The Hall–Kier alpha value is 0.620. The Balaban J connectivity index is 2.69. The third-order valence-corrected chi connectivity index (χ3v) is 2.00. The summed E-state index contributed by atoms with van der Waals surface area (Å²) in [5.41, 5.74) is 0. The molecule has 0 fully saturated rings. The van der Waals surface area contributed by atoms with E-state index in [1.165, 1.54) is 24.1 Å². The second-order valence-electron chi connectivity index (χ2n) is 1.81. The molecule has 2 nitrogen and oxygen atoms in total. The van der Waals surface area contributed by atoms with Crippen molar-refractivity contribution in [3.8, 4) is 0 Å². The lowest BCUT2D eigenvalue weighted by molar-refractivity contribution is 0.295. The molecule has 0 saturated heterocycles. The predicted molar refractivity (Wildman–Crippen MR) is 52.8 cm³/mol. The van der Waals surface area contributed by atoms with Gasteiger partial charge in [0.1, 0.15) is 0 Å². The van der Waals surface area contributed by atoms with Gasteiger partial charge in [0.05, 0.1) is 13.2 Å². The van der Waals surface area contributed by atoms with Gasteiger partial charge in [-0.3, -0.25) is 0 Å². The summed E-state index contributed by atoms with van der Waals surface area (Å²) >= 11 is 3.02. The van der Waals surface area contributed by atoms with Crippen LogP contribution < -0.4 is 0 Å². The lowest BCUT2D eigenvalue weighted by Gasteiger charge is -2.00. The zero-order valence-corrected chi connectivity index (χ0v) is 8.80. The quantitative estimate of drug-likeness (QED) is 0.439. The second-order valence-corrected chi connectivity index (χ2v) is 3.91. The van der Waals surface area contributed by atoms with Gasteiger partial charge in [-0.25, -0.2) is 0 Å². The Kier molecular flexibility index (Phi) is 11.2. The first-order chi connectivity index (χ1) is 5.41. The molecule has 0 amide bonds. The van der Waals surface area contributed by atoms with Crippen LogP contribution in [0.2, 0.25) is 0 Å². The minimum absolute atomic E-state index is 0.794. The van der Waals surface area contributed by atoms with E-state index < -0.39 is 0 Å². The van der Waals surface area contributed by atoms with Gasteiger partial charge >= 0.3 is 0 Å². The van der Waals surface area contributed by atoms with E-state index in [-0.39, 0.29) is 0 Å². The van der Waals surface area contributed by atoms with Gasteiger partial charge in [-0.15, -0.1) is 0 Å². The summed E-state index contributed by atoms with van der Waals surface area (Å²) in [6.07, 6.45) is 0.986. The fraction of sp³-hybridized carbons (Fsp3) is 1.00. The van der Waals surface area contributed by atoms with Crippen molar-refractivity contribution in [3.63, 3.8) is 0 Å². The van der Waals surface area contributed by atoms with Crippen LogP contribution in [0.5, 0.6) is 0 Å². The lowest BCUT2D eigenvalue weighted by atomic mass is 10.5. The molecule has 0 aliphatic carbocycles. The van der Waals surface area contributed by atoms with E-state index in [0.29, 0.717) is 0 Å². The number of hydrogen-bond donors (Lipinski definition) is 0. The smallest absolute Gasteiger partial charge is 0.0636 e. The Morgan fingerprint density at radius 1 is 0.909 bits per heavy atom. The second kappa shape index (κ2) is 10.6. The Morgan fingerprint density at radius 3 is 1.73 bits per heavy atom.